The van der Waals surface area contributed by atoms with Crippen molar-refractivity contribution in [2.45, 2.75) is 25.2 Å². The molecule has 0 aliphatic rings. The van der Waals surface area contributed by atoms with Crippen LogP contribution in [0.15, 0.2) is 21.5 Å². The first-order valence-electron chi connectivity index (χ1n) is 6.90. The highest BCUT2D eigenvalue weighted by Crippen LogP contribution is 2.28. The van der Waals surface area contributed by atoms with E-state index < -0.39 is 10.0 Å². The molecule has 0 spiro atoms. The quantitative estimate of drug-likeness (QED) is 0.740. The van der Waals surface area contributed by atoms with Crippen LogP contribution in [0.1, 0.15) is 18.9 Å². The van der Waals surface area contributed by atoms with Crippen LogP contribution in [0.25, 0.3) is 0 Å². The lowest BCUT2D eigenvalue weighted by molar-refractivity contribution is 0.356. The van der Waals surface area contributed by atoms with Gasteiger partial charge >= 0.3 is 0 Å². The Morgan fingerprint density at radius 1 is 1.24 bits per heavy atom. The zero-order valence-electron chi connectivity index (χ0n) is 13.1. The Morgan fingerprint density at radius 3 is 2.38 bits per heavy atom. The van der Waals surface area contributed by atoms with Gasteiger partial charge in [0, 0.05) is 23.2 Å². The second kappa shape index (κ2) is 7.58. The number of benzene rings is 1. The van der Waals surface area contributed by atoms with Crippen LogP contribution in [0, 0.1) is 6.92 Å². The number of nitrogen functional groups attached to an aromatic ring is 1. The first kappa shape index (κ1) is 18.4. The number of anilines is 1. The maximum atomic E-state index is 12.8. The van der Waals surface area contributed by atoms with Crippen molar-refractivity contribution in [3.8, 4) is 0 Å². The zero-order valence-corrected chi connectivity index (χ0v) is 15.5. The normalized spacial score (nSPS) is 12.3. The summed E-state index contributed by atoms with van der Waals surface area (Å²) in [5, 5.41) is 0. The van der Waals surface area contributed by atoms with E-state index in [2.05, 4.69) is 15.9 Å². The molecule has 0 heterocycles. The van der Waals surface area contributed by atoms with Crippen molar-refractivity contribution in [1.29, 1.82) is 0 Å². The van der Waals surface area contributed by atoms with Crippen molar-refractivity contribution < 1.29 is 8.42 Å². The number of nitrogens with zero attached hydrogens (tertiary/aromatic N) is 2. The Balaban J connectivity index is 3.08. The van der Waals surface area contributed by atoms with Crippen molar-refractivity contribution in [3.05, 3.63) is 22.2 Å². The van der Waals surface area contributed by atoms with Crippen LogP contribution >= 0.6 is 15.9 Å². The van der Waals surface area contributed by atoms with Gasteiger partial charge in [0.05, 0.1) is 4.90 Å². The number of sulfonamides is 1. The van der Waals surface area contributed by atoms with Gasteiger partial charge in [0.25, 0.3) is 0 Å². The summed E-state index contributed by atoms with van der Waals surface area (Å²) in [6.45, 7) is 5.39. The van der Waals surface area contributed by atoms with Crippen LogP contribution in [-0.2, 0) is 10.0 Å². The number of rotatable bonds is 7. The van der Waals surface area contributed by atoms with Crippen LogP contribution in [0.2, 0.25) is 0 Å². The van der Waals surface area contributed by atoms with E-state index >= 15 is 0 Å². The lowest BCUT2D eigenvalue weighted by Gasteiger charge is -2.23. The largest absolute Gasteiger partial charge is 0.398 e. The topological polar surface area (TPSA) is 66.6 Å². The molecule has 0 atom stereocenters. The predicted molar refractivity (Wildman–Crippen MR) is 90.9 cm³/mol. The van der Waals surface area contributed by atoms with Crippen molar-refractivity contribution in [2.24, 2.45) is 0 Å². The van der Waals surface area contributed by atoms with E-state index in [-0.39, 0.29) is 4.90 Å². The van der Waals surface area contributed by atoms with Gasteiger partial charge in [0.15, 0.2) is 0 Å². The average Bonchev–Trinajstić information content (AvgIpc) is 2.38. The van der Waals surface area contributed by atoms with Gasteiger partial charge in [0.2, 0.25) is 10.0 Å². The Hall–Kier alpha value is -0.630. The van der Waals surface area contributed by atoms with Crippen molar-refractivity contribution >= 4 is 31.6 Å². The number of hydrogen-bond acceptors (Lipinski definition) is 4. The van der Waals surface area contributed by atoms with Crippen molar-refractivity contribution in [2.75, 3.05) is 39.5 Å². The van der Waals surface area contributed by atoms with E-state index in [1.54, 1.807) is 19.1 Å². The molecule has 0 saturated heterocycles. The lowest BCUT2D eigenvalue weighted by atomic mass is 10.2. The maximum absolute atomic E-state index is 12.8. The molecule has 0 aromatic heterocycles. The fourth-order valence-electron chi connectivity index (χ4n) is 2.09. The van der Waals surface area contributed by atoms with Crippen molar-refractivity contribution in [3.63, 3.8) is 0 Å². The minimum atomic E-state index is -3.52. The monoisotopic (exact) mass is 377 g/mol. The summed E-state index contributed by atoms with van der Waals surface area (Å²) in [5.41, 5.74) is 6.96. The average molecular weight is 378 g/mol. The Bertz CT molecular complexity index is 588. The van der Waals surface area contributed by atoms with Crippen molar-refractivity contribution in [1.82, 2.24) is 9.21 Å². The lowest BCUT2D eigenvalue weighted by Crippen LogP contribution is -2.33. The van der Waals surface area contributed by atoms with Crippen LogP contribution in [0.3, 0.4) is 0 Å². The second-order valence-corrected chi connectivity index (χ2v) is 8.09. The molecule has 1 aromatic rings. The molecular weight excluding hydrogens is 354 g/mol. The molecule has 0 amide bonds. The molecule has 0 saturated carbocycles. The Labute approximate surface area is 136 Å². The highest BCUT2D eigenvalue weighted by atomic mass is 79.9. The summed E-state index contributed by atoms with van der Waals surface area (Å²) in [6.07, 6.45) is 0.794. The van der Waals surface area contributed by atoms with E-state index in [0.29, 0.717) is 28.8 Å². The van der Waals surface area contributed by atoms with Gasteiger partial charge in [-0.1, -0.05) is 22.9 Å². The summed E-state index contributed by atoms with van der Waals surface area (Å²) in [6, 6.07) is 3.34. The highest BCUT2D eigenvalue weighted by Gasteiger charge is 2.25. The first-order valence-corrected chi connectivity index (χ1v) is 9.14. The molecule has 0 aliphatic carbocycles. The molecule has 2 N–H and O–H groups in total. The molecule has 0 radical (unpaired) electrons. The summed E-state index contributed by atoms with van der Waals surface area (Å²) in [4.78, 5) is 2.32. The molecule has 0 bridgehead atoms. The third kappa shape index (κ3) is 4.67. The van der Waals surface area contributed by atoms with E-state index in [0.717, 1.165) is 13.0 Å². The third-order valence-electron chi connectivity index (χ3n) is 3.35. The molecule has 1 rings (SSSR count). The van der Waals surface area contributed by atoms with Gasteiger partial charge < -0.3 is 10.6 Å². The van der Waals surface area contributed by atoms with Crippen LogP contribution < -0.4 is 5.73 Å². The second-order valence-electron chi connectivity index (χ2n) is 5.27. The molecule has 0 fully saturated rings. The fourth-order valence-corrected chi connectivity index (χ4v) is 4.49. The van der Waals surface area contributed by atoms with E-state index in [1.165, 1.54) is 4.31 Å². The zero-order chi connectivity index (χ0) is 16.2. The molecule has 21 heavy (non-hydrogen) atoms. The number of halogens is 1. The summed E-state index contributed by atoms with van der Waals surface area (Å²) in [5.74, 6) is 0. The number of nitrogens with two attached hydrogens (primary N) is 1. The maximum Gasteiger partial charge on any atom is 0.243 e. The van der Waals surface area contributed by atoms with Gasteiger partial charge in [0.1, 0.15) is 0 Å². The third-order valence-corrected chi connectivity index (χ3v) is 5.91. The Kier molecular flexibility index (Phi) is 6.65. The standard InChI is InChI=1S/C14H24BrN3O2S/c1-5-18(8-6-7-17(3)4)21(19,20)14-10-12(15)9-13(16)11(14)2/h9-10H,5-8,16H2,1-4H3. The SMILES string of the molecule is CCN(CCCN(C)C)S(=O)(=O)c1cc(Br)cc(N)c1C. The summed E-state index contributed by atoms with van der Waals surface area (Å²) >= 11 is 3.31. The molecule has 5 nitrogen and oxygen atoms in total. The van der Waals surface area contributed by atoms with Gasteiger partial charge in [-0.25, -0.2) is 8.42 Å². The first-order chi connectivity index (χ1) is 9.70. The van der Waals surface area contributed by atoms with Crippen LogP contribution in [0.5, 0.6) is 0 Å². The van der Waals surface area contributed by atoms with Crippen LogP contribution in [0.4, 0.5) is 5.69 Å². The van der Waals surface area contributed by atoms with Crippen LogP contribution in [-0.4, -0.2) is 51.4 Å². The van der Waals surface area contributed by atoms with E-state index in [4.69, 9.17) is 5.73 Å². The van der Waals surface area contributed by atoms with E-state index in [1.807, 2.05) is 25.9 Å². The van der Waals surface area contributed by atoms with Gasteiger partial charge in [-0.05, 0) is 51.7 Å². The minimum Gasteiger partial charge on any atom is -0.398 e. The van der Waals surface area contributed by atoms with Gasteiger partial charge in [-0.15, -0.1) is 0 Å². The highest BCUT2D eigenvalue weighted by molar-refractivity contribution is 9.10. The molecule has 0 aliphatic heterocycles. The summed E-state index contributed by atoms with van der Waals surface area (Å²) < 4.78 is 27.8. The molecular formula is C14H24BrN3O2S. The predicted octanol–water partition coefficient (Wildman–Crippen LogP) is 2.30. The Morgan fingerprint density at radius 2 is 1.86 bits per heavy atom. The van der Waals surface area contributed by atoms with Gasteiger partial charge in [-0.3, -0.25) is 0 Å². The molecule has 1 aromatic carbocycles. The summed E-state index contributed by atoms with van der Waals surface area (Å²) in [7, 11) is 0.432. The molecule has 120 valence electrons. The van der Waals surface area contributed by atoms with Gasteiger partial charge in [-0.2, -0.15) is 4.31 Å². The fraction of sp³-hybridized carbons (Fsp3) is 0.571. The van der Waals surface area contributed by atoms with E-state index in [9.17, 15) is 8.42 Å². The minimum absolute atomic E-state index is 0.279. The molecule has 7 heteroatoms. The number of hydrogen-bond donors (Lipinski definition) is 1. The molecule has 0 unspecified atom stereocenters. The smallest absolute Gasteiger partial charge is 0.243 e.